The van der Waals surface area contributed by atoms with E-state index in [0.29, 0.717) is 17.8 Å². The van der Waals surface area contributed by atoms with Gasteiger partial charge in [0.25, 0.3) is 0 Å². The van der Waals surface area contributed by atoms with Crippen LogP contribution < -0.4 is 10.6 Å². The Labute approximate surface area is 106 Å². The fourth-order valence-electron chi connectivity index (χ4n) is 1.82. The first-order valence-electron chi connectivity index (χ1n) is 5.81. The first-order chi connectivity index (χ1) is 8.74. The molecule has 2 aromatic rings. The molecule has 0 aliphatic heterocycles. The van der Waals surface area contributed by atoms with Crippen LogP contribution in [0.2, 0.25) is 0 Å². The molecule has 0 aliphatic rings. The van der Waals surface area contributed by atoms with E-state index in [0.717, 1.165) is 18.0 Å². The fourth-order valence-corrected chi connectivity index (χ4v) is 1.82. The lowest BCUT2D eigenvalue weighted by molar-refractivity contribution is 0.503. The van der Waals surface area contributed by atoms with Crippen LogP contribution in [0, 0.1) is 11.3 Å². The summed E-state index contributed by atoms with van der Waals surface area (Å²) < 4.78 is 5.34. The van der Waals surface area contributed by atoms with Gasteiger partial charge in [0.1, 0.15) is 11.8 Å². The maximum absolute atomic E-state index is 8.85. The third kappa shape index (κ3) is 2.46. The monoisotopic (exact) mass is 241 g/mol. The van der Waals surface area contributed by atoms with Crippen molar-refractivity contribution in [1.29, 1.82) is 5.26 Å². The van der Waals surface area contributed by atoms with Crippen LogP contribution in [0.3, 0.4) is 0 Å². The molecule has 1 aromatic heterocycles. The van der Waals surface area contributed by atoms with E-state index in [9.17, 15) is 0 Å². The number of benzene rings is 1. The van der Waals surface area contributed by atoms with Crippen molar-refractivity contribution in [3.63, 3.8) is 0 Å². The molecule has 0 amide bonds. The summed E-state index contributed by atoms with van der Waals surface area (Å²) in [6, 6.07) is 11.3. The average molecular weight is 241 g/mol. The SMILES string of the molecule is CCN(Cc1ccco1)c1ccc(C#N)c(N)c1. The highest BCUT2D eigenvalue weighted by Crippen LogP contribution is 2.22. The molecular weight excluding hydrogens is 226 g/mol. The van der Waals surface area contributed by atoms with Gasteiger partial charge in [0.2, 0.25) is 0 Å². The van der Waals surface area contributed by atoms with Crippen LogP contribution in [0.15, 0.2) is 41.0 Å². The van der Waals surface area contributed by atoms with E-state index in [1.54, 1.807) is 12.3 Å². The number of nitrogens with two attached hydrogens (primary N) is 1. The Bertz CT molecular complexity index is 555. The van der Waals surface area contributed by atoms with Crippen molar-refractivity contribution < 1.29 is 4.42 Å². The van der Waals surface area contributed by atoms with E-state index in [4.69, 9.17) is 15.4 Å². The highest BCUT2D eigenvalue weighted by Gasteiger charge is 2.09. The number of rotatable bonds is 4. The van der Waals surface area contributed by atoms with Crippen LogP contribution in [-0.4, -0.2) is 6.54 Å². The lowest BCUT2D eigenvalue weighted by Gasteiger charge is -2.22. The van der Waals surface area contributed by atoms with Crippen molar-refractivity contribution in [3.05, 3.63) is 47.9 Å². The molecule has 92 valence electrons. The molecule has 2 rings (SSSR count). The Hall–Kier alpha value is -2.41. The quantitative estimate of drug-likeness (QED) is 0.836. The van der Waals surface area contributed by atoms with Gasteiger partial charge in [-0.05, 0) is 37.3 Å². The Balaban J connectivity index is 2.23. The fraction of sp³-hybridized carbons (Fsp3) is 0.214. The average Bonchev–Trinajstić information content (AvgIpc) is 2.88. The highest BCUT2D eigenvalue weighted by molar-refractivity contribution is 5.63. The van der Waals surface area contributed by atoms with Gasteiger partial charge in [-0.1, -0.05) is 0 Å². The second-order valence-corrected chi connectivity index (χ2v) is 3.98. The molecule has 0 atom stereocenters. The maximum Gasteiger partial charge on any atom is 0.123 e. The molecule has 18 heavy (non-hydrogen) atoms. The van der Waals surface area contributed by atoms with Gasteiger partial charge in [0.05, 0.1) is 24.1 Å². The molecule has 4 heteroatoms. The van der Waals surface area contributed by atoms with Crippen LogP contribution in [-0.2, 0) is 6.54 Å². The third-order valence-corrected chi connectivity index (χ3v) is 2.83. The van der Waals surface area contributed by atoms with Crippen molar-refractivity contribution in [1.82, 2.24) is 0 Å². The summed E-state index contributed by atoms with van der Waals surface area (Å²) in [4.78, 5) is 2.14. The predicted molar refractivity (Wildman–Crippen MR) is 71.0 cm³/mol. The van der Waals surface area contributed by atoms with Gasteiger partial charge < -0.3 is 15.1 Å². The van der Waals surface area contributed by atoms with Gasteiger partial charge in [0, 0.05) is 12.2 Å². The second-order valence-electron chi connectivity index (χ2n) is 3.98. The van der Waals surface area contributed by atoms with Gasteiger partial charge in [-0.15, -0.1) is 0 Å². The molecule has 0 spiro atoms. The summed E-state index contributed by atoms with van der Waals surface area (Å²) in [6.45, 7) is 3.60. The van der Waals surface area contributed by atoms with E-state index in [-0.39, 0.29) is 0 Å². The highest BCUT2D eigenvalue weighted by atomic mass is 16.3. The number of anilines is 2. The lowest BCUT2D eigenvalue weighted by atomic mass is 10.1. The minimum absolute atomic E-state index is 0.507. The molecule has 1 heterocycles. The van der Waals surface area contributed by atoms with Gasteiger partial charge in [-0.2, -0.15) is 5.26 Å². The minimum atomic E-state index is 0.507. The summed E-state index contributed by atoms with van der Waals surface area (Å²) in [7, 11) is 0. The summed E-state index contributed by atoms with van der Waals surface area (Å²) in [6.07, 6.45) is 1.66. The molecule has 1 aromatic carbocycles. The molecular formula is C14H15N3O. The molecule has 0 bridgehead atoms. The zero-order chi connectivity index (χ0) is 13.0. The summed E-state index contributed by atoms with van der Waals surface area (Å²) in [5, 5.41) is 8.85. The van der Waals surface area contributed by atoms with Crippen molar-refractivity contribution in [2.75, 3.05) is 17.2 Å². The molecule has 0 fully saturated rings. The number of furan rings is 1. The Morgan fingerprint density at radius 1 is 1.39 bits per heavy atom. The second kappa shape index (κ2) is 5.28. The zero-order valence-corrected chi connectivity index (χ0v) is 10.3. The summed E-state index contributed by atoms with van der Waals surface area (Å²) >= 11 is 0. The molecule has 0 unspecified atom stereocenters. The van der Waals surface area contributed by atoms with Gasteiger partial charge in [-0.3, -0.25) is 0 Å². The molecule has 2 N–H and O–H groups in total. The molecule has 0 saturated carbocycles. The molecule has 0 aliphatic carbocycles. The van der Waals surface area contributed by atoms with Crippen LogP contribution >= 0.6 is 0 Å². The van der Waals surface area contributed by atoms with Crippen molar-refractivity contribution in [2.24, 2.45) is 0 Å². The molecule has 0 saturated heterocycles. The van der Waals surface area contributed by atoms with Crippen molar-refractivity contribution >= 4 is 11.4 Å². The van der Waals surface area contributed by atoms with Crippen molar-refractivity contribution in [3.8, 4) is 6.07 Å². The van der Waals surface area contributed by atoms with Crippen LogP contribution in [0.1, 0.15) is 18.2 Å². The van der Waals surface area contributed by atoms with E-state index in [2.05, 4.69) is 17.9 Å². The molecule has 0 radical (unpaired) electrons. The van der Waals surface area contributed by atoms with Crippen LogP contribution in [0.25, 0.3) is 0 Å². The smallest absolute Gasteiger partial charge is 0.123 e. The van der Waals surface area contributed by atoms with E-state index in [1.165, 1.54) is 0 Å². The summed E-state index contributed by atoms with van der Waals surface area (Å²) in [5.41, 5.74) is 7.83. The van der Waals surface area contributed by atoms with Gasteiger partial charge >= 0.3 is 0 Å². The normalized spacial score (nSPS) is 10.0. The first-order valence-corrected chi connectivity index (χ1v) is 5.81. The largest absolute Gasteiger partial charge is 0.467 e. The number of hydrogen-bond donors (Lipinski definition) is 1. The van der Waals surface area contributed by atoms with Gasteiger partial charge in [-0.25, -0.2) is 0 Å². The van der Waals surface area contributed by atoms with E-state index in [1.807, 2.05) is 24.3 Å². The predicted octanol–water partition coefficient (Wildman–Crippen LogP) is 2.76. The van der Waals surface area contributed by atoms with Gasteiger partial charge in [0.15, 0.2) is 0 Å². The Kier molecular flexibility index (Phi) is 3.54. The first kappa shape index (κ1) is 12.1. The number of nitriles is 1. The van der Waals surface area contributed by atoms with E-state index < -0.39 is 0 Å². The maximum atomic E-state index is 8.85. The van der Waals surface area contributed by atoms with Crippen LogP contribution in [0.5, 0.6) is 0 Å². The number of nitrogen functional groups attached to an aromatic ring is 1. The Morgan fingerprint density at radius 3 is 2.78 bits per heavy atom. The molecule has 4 nitrogen and oxygen atoms in total. The van der Waals surface area contributed by atoms with Crippen molar-refractivity contribution in [2.45, 2.75) is 13.5 Å². The lowest BCUT2D eigenvalue weighted by Crippen LogP contribution is -2.21. The third-order valence-electron chi connectivity index (χ3n) is 2.83. The topological polar surface area (TPSA) is 66.2 Å². The van der Waals surface area contributed by atoms with E-state index >= 15 is 0 Å². The minimum Gasteiger partial charge on any atom is -0.467 e. The van der Waals surface area contributed by atoms with Crippen LogP contribution in [0.4, 0.5) is 11.4 Å². The standard InChI is InChI=1S/C14H15N3O/c1-2-17(10-13-4-3-7-18-13)12-6-5-11(9-15)14(16)8-12/h3-8H,2,10,16H2,1H3. The Morgan fingerprint density at radius 2 is 2.22 bits per heavy atom. The summed E-state index contributed by atoms with van der Waals surface area (Å²) in [5.74, 6) is 0.903. The zero-order valence-electron chi connectivity index (χ0n) is 10.3. The number of hydrogen-bond acceptors (Lipinski definition) is 4. The number of nitrogens with zero attached hydrogens (tertiary/aromatic N) is 2.